The smallest absolute Gasteiger partial charge is 0.270 e. The molecule has 146 valence electrons. The number of piperidine rings is 1. The van der Waals surface area contributed by atoms with Crippen LogP contribution in [-0.4, -0.2) is 51.2 Å². The number of hydrogen-bond donors (Lipinski definition) is 2. The summed E-state index contributed by atoms with van der Waals surface area (Å²) < 4.78 is 6.30. The molecule has 3 N–H and O–H groups in total. The van der Waals surface area contributed by atoms with E-state index in [1.165, 1.54) is 24.6 Å². The monoisotopic (exact) mass is 443 g/mol. The maximum absolute atomic E-state index is 5.86. The van der Waals surface area contributed by atoms with E-state index in [9.17, 15) is 0 Å². The third kappa shape index (κ3) is 4.37. The van der Waals surface area contributed by atoms with Crippen LogP contribution in [0.5, 0.6) is 0 Å². The number of benzene rings is 1. The maximum Gasteiger partial charge on any atom is 0.270 e. The van der Waals surface area contributed by atoms with Crippen LogP contribution in [0.3, 0.4) is 0 Å². The van der Waals surface area contributed by atoms with Crippen LogP contribution in [0.2, 0.25) is 0 Å². The molecule has 0 radical (unpaired) electrons. The Labute approximate surface area is 171 Å². The van der Waals surface area contributed by atoms with Gasteiger partial charge in [-0.25, -0.2) is 9.97 Å². The molecular weight excluding hydrogens is 422 g/mol. The number of nitrogen functional groups attached to an aromatic ring is 1. The molecule has 0 aliphatic carbocycles. The minimum Gasteiger partial charge on any atom is -0.414 e. The van der Waals surface area contributed by atoms with E-state index in [-0.39, 0.29) is 11.7 Å². The Balaban J connectivity index is 1.41. The van der Waals surface area contributed by atoms with Crippen molar-refractivity contribution in [3.8, 4) is 23.0 Å². The summed E-state index contributed by atoms with van der Waals surface area (Å²) in [6.07, 6.45) is 3.91. The molecule has 1 fully saturated rings. The van der Waals surface area contributed by atoms with E-state index in [0.717, 1.165) is 25.2 Å². The van der Waals surface area contributed by atoms with Gasteiger partial charge in [0.15, 0.2) is 11.5 Å². The molecule has 4 rings (SSSR count). The van der Waals surface area contributed by atoms with Gasteiger partial charge in [-0.15, -0.1) is 10.2 Å². The second-order valence-corrected chi connectivity index (χ2v) is 7.81. The normalized spacial score (nSPS) is 15.8. The molecule has 0 amide bonds. The highest BCUT2D eigenvalue weighted by molar-refractivity contribution is 9.10. The largest absolute Gasteiger partial charge is 0.414 e. The Morgan fingerprint density at radius 1 is 1.18 bits per heavy atom. The lowest BCUT2D eigenvalue weighted by molar-refractivity contribution is 0.234. The average molecular weight is 444 g/mol. The SMILES string of the molecule is CN1CCC(NCc2ccc(-c3nnc(-c4nc(Br)cnc4N)o3)cc2)CC1. The first-order chi connectivity index (χ1) is 13.6. The van der Waals surface area contributed by atoms with E-state index < -0.39 is 0 Å². The Bertz CT molecular complexity index is 936. The minimum atomic E-state index is 0.244. The third-order valence-electron chi connectivity index (χ3n) is 4.91. The second kappa shape index (κ2) is 8.34. The van der Waals surface area contributed by atoms with Crippen LogP contribution in [0, 0.1) is 0 Å². The predicted octanol–water partition coefficient (Wildman–Crippen LogP) is 2.72. The van der Waals surface area contributed by atoms with Crippen molar-refractivity contribution >= 4 is 21.7 Å². The lowest BCUT2D eigenvalue weighted by atomic mass is 10.0. The summed E-state index contributed by atoms with van der Waals surface area (Å²) >= 11 is 3.27. The third-order valence-corrected chi connectivity index (χ3v) is 5.30. The molecule has 2 aromatic heterocycles. The molecule has 0 unspecified atom stereocenters. The Hall–Kier alpha value is -2.36. The molecular formula is C19H22BrN7O. The zero-order valence-corrected chi connectivity index (χ0v) is 17.2. The predicted molar refractivity (Wildman–Crippen MR) is 110 cm³/mol. The summed E-state index contributed by atoms with van der Waals surface area (Å²) in [5.74, 6) is 0.911. The van der Waals surface area contributed by atoms with Crippen molar-refractivity contribution < 1.29 is 4.42 Å². The van der Waals surface area contributed by atoms with Gasteiger partial charge in [-0.1, -0.05) is 12.1 Å². The van der Waals surface area contributed by atoms with Crippen LogP contribution >= 0.6 is 15.9 Å². The van der Waals surface area contributed by atoms with Crippen molar-refractivity contribution in [3.05, 3.63) is 40.6 Å². The molecule has 0 spiro atoms. The molecule has 1 aromatic carbocycles. The number of rotatable bonds is 5. The maximum atomic E-state index is 5.86. The van der Waals surface area contributed by atoms with Crippen molar-refractivity contribution in [1.29, 1.82) is 0 Å². The summed E-state index contributed by atoms with van der Waals surface area (Å²) in [7, 11) is 2.18. The number of nitrogens with one attached hydrogen (secondary N) is 1. The lowest BCUT2D eigenvalue weighted by Crippen LogP contribution is -2.40. The number of nitrogens with zero attached hydrogens (tertiary/aromatic N) is 5. The van der Waals surface area contributed by atoms with E-state index in [4.69, 9.17) is 10.2 Å². The number of likely N-dealkylation sites (tertiary alicyclic amines) is 1. The topological polar surface area (TPSA) is 106 Å². The Morgan fingerprint density at radius 3 is 2.64 bits per heavy atom. The summed E-state index contributed by atoms with van der Waals surface area (Å²) in [5.41, 5.74) is 8.30. The van der Waals surface area contributed by atoms with Crippen molar-refractivity contribution in [1.82, 2.24) is 30.4 Å². The van der Waals surface area contributed by atoms with Gasteiger partial charge in [0.05, 0.1) is 6.20 Å². The number of aromatic nitrogens is 4. The summed E-state index contributed by atoms with van der Waals surface area (Å²) in [6, 6.07) is 8.71. The summed E-state index contributed by atoms with van der Waals surface area (Å²) in [5, 5.41) is 11.8. The van der Waals surface area contributed by atoms with Gasteiger partial charge < -0.3 is 20.4 Å². The van der Waals surface area contributed by atoms with E-state index in [0.29, 0.717) is 22.2 Å². The highest BCUT2D eigenvalue weighted by Gasteiger charge is 2.17. The van der Waals surface area contributed by atoms with E-state index in [1.54, 1.807) is 0 Å². The number of hydrogen-bond acceptors (Lipinski definition) is 8. The van der Waals surface area contributed by atoms with Crippen molar-refractivity contribution in [2.45, 2.75) is 25.4 Å². The number of anilines is 1. The van der Waals surface area contributed by atoms with Gasteiger partial charge in [0.2, 0.25) is 5.89 Å². The summed E-state index contributed by atoms with van der Waals surface area (Å²) in [4.78, 5) is 10.7. The van der Waals surface area contributed by atoms with Gasteiger partial charge in [-0.3, -0.25) is 0 Å². The van der Waals surface area contributed by atoms with Gasteiger partial charge >= 0.3 is 0 Å². The van der Waals surface area contributed by atoms with Gasteiger partial charge in [0.25, 0.3) is 5.89 Å². The molecule has 3 heterocycles. The number of halogens is 1. The molecule has 28 heavy (non-hydrogen) atoms. The summed E-state index contributed by atoms with van der Waals surface area (Å²) in [6.45, 7) is 3.17. The zero-order valence-electron chi connectivity index (χ0n) is 15.6. The van der Waals surface area contributed by atoms with Crippen LogP contribution < -0.4 is 11.1 Å². The molecule has 1 aliphatic rings. The van der Waals surface area contributed by atoms with Crippen molar-refractivity contribution in [2.24, 2.45) is 0 Å². The number of nitrogens with two attached hydrogens (primary N) is 1. The molecule has 0 atom stereocenters. The van der Waals surface area contributed by atoms with Crippen LogP contribution in [0.25, 0.3) is 23.0 Å². The quantitative estimate of drug-likeness (QED) is 0.619. The van der Waals surface area contributed by atoms with Crippen molar-refractivity contribution in [2.75, 3.05) is 25.9 Å². The minimum absolute atomic E-state index is 0.244. The van der Waals surface area contributed by atoms with E-state index in [1.807, 2.05) is 12.1 Å². The first-order valence-corrected chi connectivity index (χ1v) is 10.0. The Morgan fingerprint density at radius 2 is 1.89 bits per heavy atom. The van der Waals surface area contributed by atoms with Crippen LogP contribution in [0.4, 0.5) is 5.82 Å². The van der Waals surface area contributed by atoms with Crippen LogP contribution in [0.15, 0.2) is 39.5 Å². The molecule has 0 saturated carbocycles. The second-order valence-electron chi connectivity index (χ2n) is 6.99. The van der Waals surface area contributed by atoms with Crippen molar-refractivity contribution in [3.63, 3.8) is 0 Å². The zero-order chi connectivity index (χ0) is 19.5. The molecule has 8 nitrogen and oxygen atoms in total. The van der Waals surface area contributed by atoms with Gasteiger partial charge in [0.1, 0.15) is 4.60 Å². The van der Waals surface area contributed by atoms with Crippen LogP contribution in [-0.2, 0) is 6.54 Å². The Kier molecular flexibility index (Phi) is 5.65. The lowest BCUT2D eigenvalue weighted by Gasteiger charge is -2.29. The first kappa shape index (κ1) is 19.0. The standard InChI is InChI=1S/C19H22BrN7O/c1-27-8-6-14(7-9-27)22-10-12-2-4-13(5-3-12)18-25-26-19(28-18)16-17(21)23-11-15(20)24-16/h2-5,11,14,22H,6-10H2,1H3,(H2,21,23). The van der Waals surface area contributed by atoms with E-state index in [2.05, 4.69) is 65.5 Å². The van der Waals surface area contributed by atoms with Gasteiger partial charge in [-0.2, -0.15) is 0 Å². The highest BCUT2D eigenvalue weighted by Crippen LogP contribution is 2.26. The van der Waals surface area contributed by atoms with E-state index >= 15 is 0 Å². The average Bonchev–Trinajstić information content (AvgIpc) is 3.20. The molecule has 1 aliphatic heterocycles. The van der Waals surface area contributed by atoms with Gasteiger partial charge in [0, 0.05) is 18.2 Å². The molecule has 9 heteroatoms. The fraction of sp³-hybridized carbons (Fsp3) is 0.368. The molecule has 0 bridgehead atoms. The highest BCUT2D eigenvalue weighted by atomic mass is 79.9. The fourth-order valence-electron chi connectivity index (χ4n) is 3.21. The van der Waals surface area contributed by atoms with Crippen LogP contribution in [0.1, 0.15) is 18.4 Å². The fourth-order valence-corrected chi connectivity index (χ4v) is 3.49. The molecule has 3 aromatic rings. The molecule has 1 saturated heterocycles. The van der Waals surface area contributed by atoms with Gasteiger partial charge in [-0.05, 0) is 66.6 Å². The first-order valence-electron chi connectivity index (χ1n) is 9.21.